The molecule has 0 amide bonds. The molecule has 0 aliphatic rings. The molecule has 96 valence electrons. The van der Waals surface area contributed by atoms with Crippen LogP contribution in [0.4, 0.5) is 0 Å². The van der Waals surface area contributed by atoms with Gasteiger partial charge in [0.05, 0.1) is 10.7 Å². The van der Waals surface area contributed by atoms with Gasteiger partial charge in [0.25, 0.3) is 0 Å². The molecule has 6 nitrogen and oxygen atoms in total. The summed E-state index contributed by atoms with van der Waals surface area (Å²) in [5.74, 6) is -0.268. The van der Waals surface area contributed by atoms with E-state index in [0.717, 1.165) is 6.26 Å². The van der Waals surface area contributed by atoms with Crippen LogP contribution in [0, 0.1) is 0 Å². The van der Waals surface area contributed by atoms with Crippen LogP contribution < -0.4 is 10.5 Å². The molecule has 3 N–H and O–H groups in total. The van der Waals surface area contributed by atoms with Crippen LogP contribution in [0.5, 0.6) is 0 Å². The number of thiocarbonyl (C=S) groups is 1. The summed E-state index contributed by atoms with van der Waals surface area (Å²) in [6.07, 6.45) is 1.04. The Kier molecular flexibility index (Phi) is 5.30. The van der Waals surface area contributed by atoms with Gasteiger partial charge in [0, 0.05) is 12.3 Å². The number of sulfonamides is 1. The quantitative estimate of drug-likeness (QED) is 0.608. The lowest BCUT2D eigenvalue weighted by molar-refractivity contribution is 0.562. The molecule has 0 fully saturated rings. The summed E-state index contributed by atoms with van der Waals surface area (Å²) in [5.41, 5.74) is 5.22. The summed E-state index contributed by atoms with van der Waals surface area (Å²) in [4.78, 5) is -0.154. The SMILES string of the molecule is CC(CS(C)(=O)=O)NS(=O)(=O)C(C)C(N)=S. The van der Waals surface area contributed by atoms with Crippen molar-refractivity contribution >= 4 is 37.1 Å². The van der Waals surface area contributed by atoms with Crippen LogP contribution in [0.25, 0.3) is 0 Å². The van der Waals surface area contributed by atoms with Gasteiger partial charge in [-0.15, -0.1) is 0 Å². The highest BCUT2D eigenvalue weighted by Gasteiger charge is 2.26. The van der Waals surface area contributed by atoms with E-state index >= 15 is 0 Å². The fourth-order valence-corrected chi connectivity index (χ4v) is 3.65. The molecule has 0 aliphatic heterocycles. The number of rotatable bonds is 6. The highest BCUT2D eigenvalue weighted by atomic mass is 32.2. The molecular formula is C7H16N2O4S3. The lowest BCUT2D eigenvalue weighted by Crippen LogP contribution is -2.45. The lowest BCUT2D eigenvalue weighted by atomic mass is 10.4. The first-order chi connectivity index (χ1) is 6.96. The first-order valence-electron chi connectivity index (χ1n) is 4.44. The van der Waals surface area contributed by atoms with Crippen molar-refractivity contribution in [3.05, 3.63) is 0 Å². The van der Waals surface area contributed by atoms with E-state index in [1.807, 2.05) is 0 Å². The predicted octanol–water partition coefficient (Wildman–Crippen LogP) is -0.986. The number of hydrogen-bond acceptors (Lipinski definition) is 5. The van der Waals surface area contributed by atoms with E-state index in [1.54, 1.807) is 0 Å². The van der Waals surface area contributed by atoms with E-state index in [0.29, 0.717) is 0 Å². The van der Waals surface area contributed by atoms with Crippen LogP contribution in [0.3, 0.4) is 0 Å². The largest absolute Gasteiger partial charge is 0.392 e. The Morgan fingerprint density at radius 1 is 1.31 bits per heavy atom. The van der Waals surface area contributed by atoms with Crippen molar-refractivity contribution in [2.75, 3.05) is 12.0 Å². The van der Waals surface area contributed by atoms with Crippen molar-refractivity contribution in [1.29, 1.82) is 0 Å². The Bertz CT molecular complexity index is 454. The summed E-state index contributed by atoms with van der Waals surface area (Å²) in [7, 11) is -6.94. The van der Waals surface area contributed by atoms with Gasteiger partial charge in [-0.2, -0.15) is 0 Å². The van der Waals surface area contributed by atoms with Crippen molar-refractivity contribution in [3.8, 4) is 0 Å². The maximum Gasteiger partial charge on any atom is 0.221 e. The van der Waals surface area contributed by atoms with Crippen LogP contribution in [0.1, 0.15) is 13.8 Å². The number of nitrogens with two attached hydrogens (primary N) is 1. The monoisotopic (exact) mass is 288 g/mol. The van der Waals surface area contributed by atoms with Gasteiger partial charge in [-0.1, -0.05) is 12.2 Å². The molecule has 16 heavy (non-hydrogen) atoms. The van der Waals surface area contributed by atoms with Crippen molar-refractivity contribution in [1.82, 2.24) is 4.72 Å². The van der Waals surface area contributed by atoms with Crippen molar-refractivity contribution in [2.45, 2.75) is 25.1 Å². The zero-order valence-electron chi connectivity index (χ0n) is 9.30. The van der Waals surface area contributed by atoms with Crippen LogP contribution in [-0.2, 0) is 19.9 Å². The molecular weight excluding hydrogens is 272 g/mol. The average Bonchev–Trinajstić information content (AvgIpc) is 1.97. The highest BCUT2D eigenvalue weighted by Crippen LogP contribution is 2.01. The minimum absolute atomic E-state index is 0.154. The minimum atomic E-state index is -3.71. The number of hydrogen-bond donors (Lipinski definition) is 2. The first-order valence-corrected chi connectivity index (χ1v) is 8.45. The maximum atomic E-state index is 11.6. The molecule has 0 aliphatic carbocycles. The summed E-state index contributed by atoms with van der Waals surface area (Å²) in [6, 6.07) is -0.711. The van der Waals surface area contributed by atoms with E-state index in [-0.39, 0.29) is 10.7 Å². The second kappa shape index (κ2) is 5.39. The fraction of sp³-hybridized carbons (Fsp3) is 0.857. The molecule has 2 atom stereocenters. The summed E-state index contributed by atoms with van der Waals surface area (Å²) >= 11 is 4.57. The molecule has 0 saturated heterocycles. The molecule has 0 aromatic heterocycles. The molecule has 0 radical (unpaired) electrons. The second-order valence-corrected chi connectivity index (χ2v) is 8.39. The van der Waals surface area contributed by atoms with E-state index in [1.165, 1.54) is 13.8 Å². The molecule has 0 saturated carbocycles. The van der Waals surface area contributed by atoms with Gasteiger partial charge in [0.15, 0.2) is 0 Å². The molecule has 0 aromatic rings. The van der Waals surface area contributed by atoms with Crippen LogP contribution in [0.15, 0.2) is 0 Å². The molecule has 0 aromatic carbocycles. The van der Waals surface area contributed by atoms with Gasteiger partial charge >= 0.3 is 0 Å². The lowest BCUT2D eigenvalue weighted by Gasteiger charge is -2.16. The summed E-state index contributed by atoms with van der Waals surface area (Å²) < 4.78 is 47.3. The van der Waals surface area contributed by atoms with Gasteiger partial charge in [0.2, 0.25) is 10.0 Å². The second-order valence-electron chi connectivity index (χ2n) is 3.70. The normalized spacial score (nSPS) is 16.7. The summed E-state index contributed by atoms with van der Waals surface area (Å²) in [6.45, 7) is 2.81. The molecule has 0 rings (SSSR count). The third kappa shape index (κ3) is 5.73. The van der Waals surface area contributed by atoms with Crippen LogP contribution >= 0.6 is 12.2 Å². The molecule has 9 heteroatoms. The Hall–Kier alpha value is -0.250. The standard InChI is InChI=1S/C7H16N2O4S3/c1-5(4-15(3,10)11)9-16(12,13)6(2)7(8)14/h5-6,9H,4H2,1-3H3,(H2,8,14). The first kappa shape index (κ1) is 15.8. The van der Waals surface area contributed by atoms with E-state index < -0.39 is 31.2 Å². The van der Waals surface area contributed by atoms with E-state index in [2.05, 4.69) is 16.9 Å². The molecule has 2 unspecified atom stereocenters. The third-order valence-electron chi connectivity index (χ3n) is 1.78. The molecule has 0 spiro atoms. The Morgan fingerprint density at radius 2 is 1.75 bits per heavy atom. The molecule has 0 bridgehead atoms. The topological polar surface area (TPSA) is 106 Å². The van der Waals surface area contributed by atoms with Gasteiger partial charge in [-0.3, -0.25) is 0 Å². The van der Waals surface area contributed by atoms with Crippen LogP contribution in [0.2, 0.25) is 0 Å². The Morgan fingerprint density at radius 3 is 2.06 bits per heavy atom. The Labute approximate surface area is 102 Å². The van der Waals surface area contributed by atoms with Gasteiger partial charge < -0.3 is 5.73 Å². The van der Waals surface area contributed by atoms with Gasteiger partial charge in [0.1, 0.15) is 15.1 Å². The highest BCUT2D eigenvalue weighted by molar-refractivity contribution is 7.93. The predicted molar refractivity (Wildman–Crippen MR) is 67.5 cm³/mol. The van der Waals surface area contributed by atoms with Crippen molar-refractivity contribution in [3.63, 3.8) is 0 Å². The summed E-state index contributed by atoms with van der Waals surface area (Å²) in [5, 5.41) is -1.02. The van der Waals surface area contributed by atoms with Gasteiger partial charge in [-0.05, 0) is 13.8 Å². The average molecular weight is 288 g/mol. The smallest absolute Gasteiger partial charge is 0.221 e. The number of nitrogens with one attached hydrogen (secondary N) is 1. The Balaban J connectivity index is 4.68. The third-order valence-corrected chi connectivity index (χ3v) is 5.31. The molecule has 0 heterocycles. The van der Waals surface area contributed by atoms with E-state index in [9.17, 15) is 16.8 Å². The van der Waals surface area contributed by atoms with Crippen molar-refractivity contribution in [2.24, 2.45) is 5.73 Å². The van der Waals surface area contributed by atoms with E-state index in [4.69, 9.17) is 5.73 Å². The zero-order chi connectivity index (χ0) is 13.1. The fourth-order valence-electron chi connectivity index (χ4n) is 1.02. The van der Waals surface area contributed by atoms with Crippen LogP contribution in [-0.4, -0.2) is 45.1 Å². The van der Waals surface area contributed by atoms with Gasteiger partial charge in [-0.25, -0.2) is 21.6 Å². The zero-order valence-corrected chi connectivity index (χ0v) is 11.7. The van der Waals surface area contributed by atoms with Crippen molar-refractivity contribution < 1.29 is 16.8 Å². The minimum Gasteiger partial charge on any atom is -0.392 e. The maximum absolute atomic E-state index is 11.6. The number of sulfone groups is 1.